The molecule has 1 atom stereocenters. The third kappa shape index (κ3) is 2.84. The highest BCUT2D eigenvalue weighted by atomic mass is 16.5. The maximum atomic E-state index is 13.4. The molecule has 32 heavy (non-hydrogen) atoms. The maximum absolute atomic E-state index is 13.4. The molecule has 0 saturated carbocycles. The van der Waals surface area contributed by atoms with Gasteiger partial charge in [0.2, 0.25) is 0 Å². The lowest BCUT2D eigenvalue weighted by Crippen LogP contribution is -2.37. The van der Waals surface area contributed by atoms with Crippen LogP contribution in [-0.2, 0) is 25.4 Å². The van der Waals surface area contributed by atoms with Crippen molar-refractivity contribution >= 4 is 10.9 Å². The van der Waals surface area contributed by atoms with Crippen molar-refractivity contribution in [2.75, 3.05) is 6.61 Å². The van der Waals surface area contributed by atoms with Crippen molar-refractivity contribution in [3.05, 3.63) is 91.8 Å². The van der Waals surface area contributed by atoms with Gasteiger partial charge in [-0.1, -0.05) is 42.0 Å². The second-order valence-corrected chi connectivity index (χ2v) is 8.17. The Kier molecular flexibility index (Phi) is 4.61. The zero-order chi connectivity index (χ0) is 22.6. The molecule has 7 heteroatoms. The van der Waals surface area contributed by atoms with E-state index in [1.54, 1.807) is 19.2 Å². The van der Waals surface area contributed by atoms with Crippen LogP contribution in [0.15, 0.2) is 58.1 Å². The van der Waals surface area contributed by atoms with Gasteiger partial charge in [-0.25, -0.2) is 4.79 Å². The van der Waals surface area contributed by atoms with Crippen molar-refractivity contribution in [2.45, 2.75) is 19.6 Å². The highest BCUT2D eigenvalue weighted by Gasteiger charge is 2.33. The third-order valence-electron chi connectivity index (χ3n) is 6.22. The zero-order valence-corrected chi connectivity index (χ0v) is 18.1. The van der Waals surface area contributed by atoms with Crippen molar-refractivity contribution in [1.29, 1.82) is 5.26 Å². The average Bonchev–Trinajstić information content (AvgIpc) is 3.17. The summed E-state index contributed by atoms with van der Waals surface area (Å²) in [7, 11) is 3.20. The van der Waals surface area contributed by atoms with Crippen molar-refractivity contribution in [3.8, 4) is 17.3 Å². The highest BCUT2D eigenvalue weighted by Crippen LogP contribution is 2.40. The van der Waals surface area contributed by atoms with Crippen LogP contribution >= 0.6 is 0 Å². The van der Waals surface area contributed by atoms with E-state index in [1.165, 1.54) is 11.6 Å². The molecule has 5 rings (SSSR count). The molecule has 0 radical (unpaired) electrons. The monoisotopic (exact) mass is 426 g/mol. The zero-order valence-electron chi connectivity index (χ0n) is 18.1. The van der Waals surface area contributed by atoms with Crippen molar-refractivity contribution in [2.24, 2.45) is 14.1 Å². The Bertz CT molecular complexity index is 1510. The van der Waals surface area contributed by atoms with E-state index in [0.717, 1.165) is 32.6 Å². The Morgan fingerprint density at radius 1 is 1.00 bits per heavy atom. The summed E-state index contributed by atoms with van der Waals surface area (Å²) < 4.78 is 11.0. The number of aromatic nitrogens is 3. The number of nitrogens with zero attached hydrogens (tertiary/aromatic N) is 4. The van der Waals surface area contributed by atoms with E-state index in [2.05, 4.69) is 10.6 Å². The van der Waals surface area contributed by atoms with Gasteiger partial charge in [-0.3, -0.25) is 13.9 Å². The van der Waals surface area contributed by atoms with E-state index in [4.69, 9.17) is 10.00 Å². The summed E-state index contributed by atoms with van der Waals surface area (Å²) in [4.78, 5) is 26.2. The van der Waals surface area contributed by atoms with Gasteiger partial charge < -0.3 is 9.30 Å². The fraction of sp³-hybridized carbons (Fsp3) is 0.240. The molecule has 0 fully saturated rings. The molecule has 0 spiro atoms. The predicted molar refractivity (Wildman–Crippen MR) is 122 cm³/mol. The number of nitriles is 1. The number of rotatable bonds is 2. The Balaban J connectivity index is 1.90. The molecule has 4 aromatic rings. The summed E-state index contributed by atoms with van der Waals surface area (Å²) >= 11 is 0. The van der Waals surface area contributed by atoms with Gasteiger partial charge in [0.25, 0.3) is 5.56 Å². The number of benzene rings is 2. The number of fused-ring (bicyclic) bond motifs is 3. The van der Waals surface area contributed by atoms with Gasteiger partial charge in [-0.2, -0.15) is 5.26 Å². The second kappa shape index (κ2) is 7.36. The van der Waals surface area contributed by atoms with Gasteiger partial charge in [0.15, 0.2) is 0 Å². The van der Waals surface area contributed by atoms with E-state index >= 15 is 0 Å². The molecule has 160 valence electrons. The van der Waals surface area contributed by atoms with Crippen LogP contribution < -0.4 is 11.2 Å². The second-order valence-electron chi connectivity index (χ2n) is 8.17. The van der Waals surface area contributed by atoms with E-state index < -0.39 is 6.10 Å². The van der Waals surface area contributed by atoms with Crippen LogP contribution in [0.25, 0.3) is 22.2 Å². The lowest BCUT2D eigenvalue weighted by atomic mass is 10.0. The van der Waals surface area contributed by atoms with Crippen LogP contribution in [-0.4, -0.2) is 20.3 Å². The van der Waals surface area contributed by atoms with Crippen LogP contribution in [0, 0.1) is 18.3 Å². The molecule has 0 N–H and O–H groups in total. The van der Waals surface area contributed by atoms with Crippen LogP contribution in [0.4, 0.5) is 0 Å². The Labute approximate surface area is 184 Å². The number of hydrogen-bond donors (Lipinski definition) is 0. The molecular formula is C25H22N4O3. The van der Waals surface area contributed by atoms with Crippen molar-refractivity contribution < 1.29 is 4.74 Å². The maximum Gasteiger partial charge on any atom is 0.331 e. The van der Waals surface area contributed by atoms with E-state index in [1.807, 2.05) is 43.3 Å². The predicted octanol–water partition coefficient (Wildman–Crippen LogP) is 3.01. The minimum absolute atomic E-state index is 0.320. The quantitative estimate of drug-likeness (QED) is 0.493. The molecule has 0 unspecified atom stereocenters. The molecule has 0 bridgehead atoms. The molecule has 0 amide bonds. The first-order chi connectivity index (χ1) is 15.4. The van der Waals surface area contributed by atoms with Gasteiger partial charge in [-0.05, 0) is 30.2 Å². The normalized spacial score (nSPS) is 15.5. The van der Waals surface area contributed by atoms with E-state index in [-0.39, 0.29) is 11.2 Å². The third-order valence-corrected chi connectivity index (χ3v) is 6.22. The summed E-state index contributed by atoms with van der Waals surface area (Å²) in [5.74, 6) is 0. The summed E-state index contributed by atoms with van der Waals surface area (Å²) in [5, 5.41) is 9.66. The van der Waals surface area contributed by atoms with E-state index in [9.17, 15) is 9.59 Å². The minimum Gasteiger partial charge on any atom is -0.365 e. The van der Waals surface area contributed by atoms with Crippen molar-refractivity contribution in [1.82, 2.24) is 13.7 Å². The first kappa shape index (κ1) is 20.0. The Morgan fingerprint density at radius 2 is 1.69 bits per heavy atom. The fourth-order valence-electron chi connectivity index (χ4n) is 4.58. The highest BCUT2D eigenvalue weighted by molar-refractivity contribution is 5.96. The van der Waals surface area contributed by atoms with Crippen LogP contribution in [0.2, 0.25) is 0 Å². The van der Waals surface area contributed by atoms with Crippen LogP contribution in [0.5, 0.6) is 0 Å². The van der Waals surface area contributed by atoms with Gasteiger partial charge in [0.05, 0.1) is 40.5 Å². The lowest BCUT2D eigenvalue weighted by molar-refractivity contribution is 0.0478. The van der Waals surface area contributed by atoms with Gasteiger partial charge >= 0.3 is 5.69 Å². The molecular weight excluding hydrogens is 404 g/mol. The Morgan fingerprint density at radius 3 is 2.34 bits per heavy atom. The first-order valence-corrected chi connectivity index (χ1v) is 10.4. The van der Waals surface area contributed by atoms with Crippen LogP contribution in [0.3, 0.4) is 0 Å². The van der Waals surface area contributed by atoms with Gasteiger partial charge in [0.1, 0.15) is 6.10 Å². The summed E-state index contributed by atoms with van der Waals surface area (Å²) in [5.41, 5.74) is 4.94. The largest absolute Gasteiger partial charge is 0.365 e. The molecule has 0 saturated heterocycles. The molecule has 1 aliphatic rings. The summed E-state index contributed by atoms with van der Waals surface area (Å²) in [6, 6.07) is 17.4. The smallest absolute Gasteiger partial charge is 0.331 e. The Hall–Kier alpha value is -3.89. The minimum atomic E-state index is -0.462. The van der Waals surface area contributed by atoms with Gasteiger partial charge in [-0.15, -0.1) is 0 Å². The van der Waals surface area contributed by atoms with E-state index in [0.29, 0.717) is 29.6 Å². The molecule has 7 nitrogen and oxygen atoms in total. The summed E-state index contributed by atoms with van der Waals surface area (Å²) in [6.07, 6.45) is -0.462. The standard InChI is InChI=1S/C25H22N4O3/c1-15-4-8-17(9-5-15)20-19-21(27(2)25(31)28(3)24(19)30)22-23(32-13-12-29(20)22)18-10-6-16(14-26)7-11-18/h4-11,23H,12-13H2,1-3H3/t23-/m0/s1. The lowest BCUT2D eigenvalue weighted by Gasteiger charge is -2.27. The molecule has 2 aromatic carbocycles. The molecule has 2 aromatic heterocycles. The molecule has 3 heterocycles. The number of aryl methyl sites for hydroxylation is 2. The SMILES string of the molecule is Cc1ccc(-c2c3c(=O)n(C)c(=O)n(C)c3c3n2CCO[C@H]3c2ccc(C#N)cc2)cc1. The average molecular weight is 426 g/mol. The number of hydrogen-bond acceptors (Lipinski definition) is 4. The summed E-state index contributed by atoms with van der Waals surface area (Å²) in [6.45, 7) is 3.05. The van der Waals surface area contributed by atoms with Gasteiger partial charge in [0, 0.05) is 20.6 Å². The molecule has 1 aliphatic heterocycles. The number of ether oxygens (including phenoxy) is 1. The molecule has 0 aliphatic carbocycles. The fourth-order valence-corrected chi connectivity index (χ4v) is 4.58. The first-order valence-electron chi connectivity index (χ1n) is 10.4. The topological polar surface area (TPSA) is 81.9 Å². The van der Waals surface area contributed by atoms with Crippen molar-refractivity contribution in [3.63, 3.8) is 0 Å². The van der Waals surface area contributed by atoms with Crippen LogP contribution in [0.1, 0.15) is 28.5 Å².